The van der Waals surface area contributed by atoms with Crippen LogP contribution in [0, 0.1) is 5.21 Å². The van der Waals surface area contributed by atoms with Crippen molar-refractivity contribution in [2.24, 2.45) is 0 Å². The van der Waals surface area contributed by atoms with Crippen LogP contribution in [-0.4, -0.2) is 10.1 Å². The van der Waals surface area contributed by atoms with Crippen molar-refractivity contribution in [3.8, 4) is 6.01 Å². The molecule has 0 aliphatic carbocycles. The molecule has 1 aromatic heterocycles. The lowest BCUT2D eigenvalue weighted by Crippen LogP contribution is -2.26. The van der Waals surface area contributed by atoms with Crippen molar-refractivity contribution < 1.29 is 9.84 Å². The van der Waals surface area contributed by atoms with E-state index in [9.17, 15) is 5.21 Å². The third kappa shape index (κ3) is 0.987. The van der Waals surface area contributed by atoms with Crippen molar-refractivity contribution in [2.75, 3.05) is 5.73 Å². The van der Waals surface area contributed by atoms with E-state index in [2.05, 4.69) is 4.98 Å². The van der Waals surface area contributed by atoms with Crippen molar-refractivity contribution in [1.82, 2.24) is 4.98 Å². The number of anilines is 1. The highest BCUT2D eigenvalue weighted by Gasteiger charge is 2.01. The van der Waals surface area contributed by atoms with Crippen LogP contribution in [0.15, 0.2) is 12.4 Å². The van der Waals surface area contributed by atoms with Gasteiger partial charge in [-0.3, -0.25) is 0 Å². The fourth-order valence-corrected chi connectivity index (χ4v) is 0.416. The quantitative estimate of drug-likeness (QED) is 0.346. The fraction of sp³-hybridized carbons (Fsp3) is 0. The molecule has 0 saturated carbocycles. The molecule has 0 saturated heterocycles. The van der Waals surface area contributed by atoms with Crippen LogP contribution >= 0.6 is 0 Å². The Labute approximate surface area is 51.0 Å². The lowest BCUT2D eigenvalue weighted by molar-refractivity contribution is -0.616. The van der Waals surface area contributed by atoms with E-state index in [-0.39, 0.29) is 10.4 Å². The van der Waals surface area contributed by atoms with E-state index in [0.717, 1.165) is 6.20 Å². The normalized spacial score (nSPS) is 9.33. The molecule has 3 N–H and O–H groups in total. The zero-order valence-corrected chi connectivity index (χ0v) is 4.48. The molecule has 0 fully saturated rings. The smallest absolute Gasteiger partial charge is 0.499 e. The summed E-state index contributed by atoms with van der Waals surface area (Å²) in [6.07, 6.45) is 2.23. The Morgan fingerprint density at radius 1 is 1.78 bits per heavy atom. The first kappa shape index (κ1) is 5.61. The fourth-order valence-electron chi connectivity index (χ4n) is 0.416. The second-order valence-electron chi connectivity index (χ2n) is 1.51. The summed E-state index contributed by atoms with van der Waals surface area (Å²) >= 11 is 0. The Bertz CT molecular complexity index is 225. The van der Waals surface area contributed by atoms with E-state index in [0.29, 0.717) is 0 Å². The average Bonchev–Trinajstić information content (AvgIpc) is 1.80. The molecule has 0 radical (unpaired) electrons. The molecule has 5 heteroatoms. The summed E-state index contributed by atoms with van der Waals surface area (Å²) in [5.41, 5.74) is 5.36. The van der Waals surface area contributed by atoms with Gasteiger partial charge in [-0.25, -0.2) is 0 Å². The molecule has 0 aliphatic rings. The van der Waals surface area contributed by atoms with Crippen LogP contribution in [0.3, 0.4) is 0 Å². The topological polar surface area (TPSA) is 86.1 Å². The number of aromatic nitrogens is 2. The van der Waals surface area contributed by atoms with Gasteiger partial charge in [0.2, 0.25) is 0 Å². The van der Waals surface area contributed by atoms with E-state index in [1.165, 1.54) is 6.20 Å². The summed E-state index contributed by atoms with van der Waals surface area (Å²) in [6.45, 7) is 0. The molecular formula is C4H5N3O2. The summed E-state index contributed by atoms with van der Waals surface area (Å²) in [5, 5.41) is 18.9. The maximum absolute atomic E-state index is 10.4. The van der Waals surface area contributed by atoms with Crippen LogP contribution in [0.5, 0.6) is 6.01 Å². The van der Waals surface area contributed by atoms with Crippen LogP contribution in [0.25, 0.3) is 0 Å². The molecule has 48 valence electrons. The predicted octanol–water partition coefficient (Wildman–Crippen LogP) is -0.997. The highest BCUT2D eigenvalue weighted by atomic mass is 16.5. The van der Waals surface area contributed by atoms with E-state index in [1.54, 1.807) is 0 Å². The SMILES string of the molecule is Nc1cnc(O)[n+]([O-])c1. The molecule has 0 aliphatic heterocycles. The number of hydrogen-bond acceptors (Lipinski definition) is 4. The molecule has 0 aromatic carbocycles. The van der Waals surface area contributed by atoms with Crippen LogP contribution in [0.1, 0.15) is 0 Å². The lowest BCUT2D eigenvalue weighted by atomic mass is 10.6. The van der Waals surface area contributed by atoms with Crippen molar-refractivity contribution in [1.29, 1.82) is 0 Å². The van der Waals surface area contributed by atoms with Gasteiger partial charge in [0.05, 0.1) is 0 Å². The maximum Gasteiger partial charge on any atom is 0.499 e. The van der Waals surface area contributed by atoms with Gasteiger partial charge in [0.15, 0.2) is 6.20 Å². The van der Waals surface area contributed by atoms with Gasteiger partial charge in [-0.15, -0.1) is 0 Å². The van der Waals surface area contributed by atoms with Crippen molar-refractivity contribution >= 4 is 5.69 Å². The molecule has 9 heavy (non-hydrogen) atoms. The van der Waals surface area contributed by atoms with Gasteiger partial charge in [-0.05, 0) is 4.98 Å². The first-order chi connectivity index (χ1) is 4.20. The highest BCUT2D eigenvalue weighted by molar-refractivity contribution is 5.28. The van der Waals surface area contributed by atoms with E-state index in [4.69, 9.17) is 10.8 Å². The lowest BCUT2D eigenvalue weighted by Gasteiger charge is -1.98. The third-order valence-corrected chi connectivity index (χ3v) is 0.793. The van der Waals surface area contributed by atoms with Gasteiger partial charge in [0, 0.05) is 0 Å². The first-order valence-electron chi connectivity index (χ1n) is 2.24. The number of aromatic hydroxyl groups is 1. The number of rotatable bonds is 0. The van der Waals surface area contributed by atoms with Crippen LogP contribution in [-0.2, 0) is 0 Å². The highest BCUT2D eigenvalue weighted by Crippen LogP contribution is 1.96. The van der Waals surface area contributed by atoms with Gasteiger partial charge in [0.1, 0.15) is 11.9 Å². The average molecular weight is 127 g/mol. The Morgan fingerprint density at radius 2 is 2.44 bits per heavy atom. The second-order valence-corrected chi connectivity index (χ2v) is 1.51. The Hall–Kier alpha value is -1.52. The van der Waals surface area contributed by atoms with Crippen molar-refractivity contribution in [3.05, 3.63) is 17.6 Å². The Morgan fingerprint density at radius 3 is 2.89 bits per heavy atom. The summed E-state index contributed by atoms with van der Waals surface area (Å²) in [7, 11) is 0. The van der Waals surface area contributed by atoms with E-state index >= 15 is 0 Å². The third-order valence-electron chi connectivity index (χ3n) is 0.793. The van der Waals surface area contributed by atoms with E-state index < -0.39 is 6.01 Å². The van der Waals surface area contributed by atoms with Crippen LogP contribution in [0.4, 0.5) is 5.69 Å². The second kappa shape index (κ2) is 1.77. The first-order valence-corrected chi connectivity index (χ1v) is 2.24. The van der Waals surface area contributed by atoms with Gasteiger partial charge >= 0.3 is 6.01 Å². The summed E-state index contributed by atoms with van der Waals surface area (Å²) in [5.74, 6) is 0. The minimum absolute atomic E-state index is 0.190. The molecule has 0 atom stereocenters. The molecule has 1 rings (SSSR count). The molecule has 0 bridgehead atoms. The summed E-state index contributed by atoms with van der Waals surface area (Å²) < 4.78 is 0.190. The molecule has 0 spiro atoms. The Balaban J connectivity index is 3.17. The number of hydrogen-bond donors (Lipinski definition) is 2. The maximum atomic E-state index is 10.4. The van der Waals surface area contributed by atoms with Crippen molar-refractivity contribution in [3.63, 3.8) is 0 Å². The minimum Gasteiger partial charge on any atom is -0.708 e. The summed E-state index contributed by atoms with van der Waals surface area (Å²) in [6, 6.07) is -0.593. The standard InChI is InChI=1S/C4H5N3O2/c5-3-1-6-4(8)7(9)2-3/h1-2H,5H2,(H,6,8). The largest absolute Gasteiger partial charge is 0.708 e. The van der Waals surface area contributed by atoms with Gasteiger partial charge in [0.25, 0.3) is 0 Å². The minimum atomic E-state index is -0.593. The molecule has 0 amide bonds. The zero-order valence-electron chi connectivity index (χ0n) is 4.48. The summed E-state index contributed by atoms with van der Waals surface area (Å²) in [4.78, 5) is 3.26. The monoisotopic (exact) mass is 127 g/mol. The van der Waals surface area contributed by atoms with Crippen molar-refractivity contribution in [2.45, 2.75) is 0 Å². The van der Waals surface area contributed by atoms with Gasteiger partial charge in [-0.1, -0.05) is 0 Å². The molecular weight excluding hydrogens is 122 g/mol. The molecule has 0 unspecified atom stereocenters. The number of nitrogen functional groups attached to an aromatic ring is 1. The van der Waals surface area contributed by atoms with E-state index in [1.807, 2.05) is 0 Å². The number of nitrogens with two attached hydrogens (primary N) is 1. The molecule has 1 heterocycles. The van der Waals surface area contributed by atoms with Crippen LogP contribution < -0.4 is 10.5 Å². The molecule has 1 aromatic rings. The van der Waals surface area contributed by atoms with Gasteiger partial charge in [-0.2, -0.15) is 4.73 Å². The Kier molecular flexibility index (Phi) is 1.11. The zero-order chi connectivity index (χ0) is 6.85. The van der Waals surface area contributed by atoms with Crippen LogP contribution in [0.2, 0.25) is 0 Å². The number of nitrogens with zero attached hydrogens (tertiary/aromatic N) is 2. The predicted molar refractivity (Wildman–Crippen MR) is 29.3 cm³/mol. The van der Waals surface area contributed by atoms with Gasteiger partial charge < -0.3 is 16.0 Å². The molecule has 5 nitrogen and oxygen atoms in total.